The second kappa shape index (κ2) is 5.20. The van der Waals surface area contributed by atoms with Crippen molar-refractivity contribution in [1.82, 2.24) is 5.32 Å². The molecule has 10 heavy (non-hydrogen) atoms. The van der Waals surface area contributed by atoms with Crippen LogP contribution < -0.4 is 16.8 Å². The van der Waals surface area contributed by atoms with Crippen LogP contribution in [0.1, 0.15) is 6.92 Å². The van der Waals surface area contributed by atoms with Crippen molar-refractivity contribution in [2.45, 2.75) is 6.92 Å². The second-order valence-electron chi connectivity index (χ2n) is 2.22. The van der Waals surface area contributed by atoms with Crippen LogP contribution in [0.15, 0.2) is 0 Å². The molecule has 1 amide bonds. The highest BCUT2D eigenvalue weighted by molar-refractivity contribution is 5.78. The maximum Gasteiger partial charge on any atom is 0.224 e. The number of amides is 1. The summed E-state index contributed by atoms with van der Waals surface area (Å²) in [5, 5.41) is 2.64. The zero-order chi connectivity index (χ0) is 7.98. The first kappa shape index (κ1) is 9.39. The van der Waals surface area contributed by atoms with Crippen LogP contribution in [0.5, 0.6) is 0 Å². The molecule has 0 aromatic heterocycles. The molecule has 5 N–H and O–H groups in total. The van der Waals surface area contributed by atoms with E-state index in [4.69, 9.17) is 11.5 Å². The van der Waals surface area contributed by atoms with Crippen LogP contribution in [0.3, 0.4) is 0 Å². The van der Waals surface area contributed by atoms with Gasteiger partial charge in [0.05, 0.1) is 0 Å². The van der Waals surface area contributed by atoms with Crippen molar-refractivity contribution in [2.24, 2.45) is 17.4 Å². The molecule has 4 heteroatoms. The number of hydrogen-bond acceptors (Lipinski definition) is 3. The zero-order valence-corrected chi connectivity index (χ0v) is 6.26. The zero-order valence-electron chi connectivity index (χ0n) is 6.26. The van der Waals surface area contributed by atoms with Gasteiger partial charge >= 0.3 is 0 Å². The summed E-state index contributed by atoms with van der Waals surface area (Å²) >= 11 is 0. The van der Waals surface area contributed by atoms with E-state index >= 15 is 0 Å². The average molecular weight is 145 g/mol. The molecule has 0 bridgehead atoms. The third kappa shape index (κ3) is 3.42. The molecule has 60 valence electrons. The van der Waals surface area contributed by atoms with Gasteiger partial charge in [-0.15, -0.1) is 0 Å². The van der Waals surface area contributed by atoms with Crippen LogP contribution in [0, 0.1) is 5.92 Å². The van der Waals surface area contributed by atoms with Gasteiger partial charge in [0, 0.05) is 25.6 Å². The van der Waals surface area contributed by atoms with Crippen molar-refractivity contribution in [3.05, 3.63) is 0 Å². The van der Waals surface area contributed by atoms with E-state index in [9.17, 15) is 4.79 Å². The molecule has 0 fully saturated rings. The maximum atomic E-state index is 10.9. The van der Waals surface area contributed by atoms with Gasteiger partial charge < -0.3 is 16.8 Å². The van der Waals surface area contributed by atoms with E-state index in [2.05, 4.69) is 5.32 Å². The third-order valence-electron chi connectivity index (χ3n) is 1.24. The Morgan fingerprint density at radius 3 is 2.60 bits per heavy atom. The highest BCUT2D eigenvalue weighted by atomic mass is 16.1. The highest BCUT2D eigenvalue weighted by Gasteiger charge is 2.08. The Morgan fingerprint density at radius 1 is 1.60 bits per heavy atom. The lowest BCUT2D eigenvalue weighted by Crippen LogP contribution is -2.36. The van der Waals surface area contributed by atoms with Crippen molar-refractivity contribution in [2.75, 3.05) is 19.6 Å². The quantitative estimate of drug-likeness (QED) is 0.458. The minimum atomic E-state index is -0.105. The molecule has 0 heterocycles. The molecule has 0 aromatic rings. The summed E-state index contributed by atoms with van der Waals surface area (Å²) < 4.78 is 0. The van der Waals surface area contributed by atoms with Crippen LogP contribution >= 0.6 is 0 Å². The summed E-state index contributed by atoms with van der Waals surface area (Å²) in [6.45, 7) is 3.18. The Morgan fingerprint density at radius 2 is 2.20 bits per heavy atom. The fourth-order valence-electron chi connectivity index (χ4n) is 0.477. The number of hydrogen-bond donors (Lipinski definition) is 3. The third-order valence-corrected chi connectivity index (χ3v) is 1.24. The number of rotatable bonds is 4. The molecule has 0 radical (unpaired) electrons. The molecule has 1 unspecified atom stereocenters. The van der Waals surface area contributed by atoms with Crippen molar-refractivity contribution in [1.29, 1.82) is 0 Å². The molecule has 0 saturated heterocycles. The Kier molecular flexibility index (Phi) is 4.88. The van der Waals surface area contributed by atoms with Crippen molar-refractivity contribution in [3.63, 3.8) is 0 Å². The van der Waals surface area contributed by atoms with Crippen molar-refractivity contribution >= 4 is 5.91 Å². The number of nitrogens with two attached hydrogens (primary N) is 2. The lowest BCUT2D eigenvalue weighted by atomic mass is 10.2. The number of carbonyl (C=O) groups excluding carboxylic acids is 1. The van der Waals surface area contributed by atoms with Gasteiger partial charge in [0.25, 0.3) is 0 Å². The Bertz CT molecular complexity index is 105. The minimum absolute atomic E-state index is 0.0204. The van der Waals surface area contributed by atoms with Crippen LogP contribution in [0.25, 0.3) is 0 Å². The average Bonchev–Trinajstić information content (AvgIpc) is 1.98. The first-order valence-electron chi connectivity index (χ1n) is 3.40. The molecule has 0 aliphatic rings. The maximum absolute atomic E-state index is 10.9. The lowest BCUT2D eigenvalue weighted by Gasteiger charge is -2.07. The summed E-state index contributed by atoms with van der Waals surface area (Å²) in [5.41, 5.74) is 10.4. The monoisotopic (exact) mass is 145 g/mol. The summed E-state index contributed by atoms with van der Waals surface area (Å²) in [6.07, 6.45) is 0. The normalized spacial score (nSPS) is 12.7. The van der Waals surface area contributed by atoms with Crippen LogP contribution in [-0.4, -0.2) is 25.5 Å². The van der Waals surface area contributed by atoms with E-state index < -0.39 is 0 Å². The van der Waals surface area contributed by atoms with Crippen LogP contribution in [-0.2, 0) is 4.79 Å². The Balaban J connectivity index is 3.42. The molecule has 4 nitrogen and oxygen atoms in total. The predicted molar refractivity (Wildman–Crippen MR) is 40.3 cm³/mol. The van der Waals surface area contributed by atoms with Gasteiger partial charge in [-0.25, -0.2) is 0 Å². The number of nitrogens with one attached hydrogen (secondary N) is 1. The first-order valence-corrected chi connectivity index (χ1v) is 3.40. The second-order valence-corrected chi connectivity index (χ2v) is 2.22. The SMILES string of the molecule is CC(CN)C(=O)NCCN. The molecule has 0 aliphatic heterocycles. The van der Waals surface area contributed by atoms with E-state index in [1.54, 1.807) is 6.92 Å². The number of carbonyl (C=O) groups is 1. The van der Waals surface area contributed by atoms with E-state index in [1.165, 1.54) is 0 Å². The van der Waals surface area contributed by atoms with Gasteiger partial charge in [0.2, 0.25) is 5.91 Å². The largest absolute Gasteiger partial charge is 0.355 e. The Hall–Kier alpha value is -0.610. The summed E-state index contributed by atoms with van der Waals surface area (Å²) in [7, 11) is 0. The minimum Gasteiger partial charge on any atom is -0.355 e. The first-order chi connectivity index (χ1) is 4.72. The van der Waals surface area contributed by atoms with Gasteiger partial charge in [-0.3, -0.25) is 4.79 Å². The lowest BCUT2D eigenvalue weighted by molar-refractivity contribution is -0.124. The molecule has 0 rings (SSSR count). The Labute approximate surface area is 61.0 Å². The fourth-order valence-corrected chi connectivity index (χ4v) is 0.477. The van der Waals surface area contributed by atoms with Crippen molar-refractivity contribution in [3.8, 4) is 0 Å². The van der Waals surface area contributed by atoms with Crippen LogP contribution in [0.4, 0.5) is 0 Å². The van der Waals surface area contributed by atoms with Crippen LogP contribution in [0.2, 0.25) is 0 Å². The topological polar surface area (TPSA) is 81.1 Å². The molecule has 0 saturated carbocycles. The van der Waals surface area contributed by atoms with E-state index in [-0.39, 0.29) is 11.8 Å². The van der Waals surface area contributed by atoms with Crippen molar-refractivity contribution < 1.29 is 4.79 Å². The smallest absolute Gasteiger partial charge is 0.224 e. The van der Waals surface area contributed by atoms with Gasteiger partial charge in [-0.1, -0.05) is 6.92 Å². The molecular weight excluding hydrogens is 130 g/mol. The fraction of sp³-hybridized carbons (Fsp3) is 0.833. The summed E-state index contributed by atoms with van der Waals surface area (Å²) in [4.78, 5) is 10.9. The highest BCUT2D eigenvalue weighted by Crippen LogP contribution is 1.88. The van der Waals surface area contributed by atoms with E-state index in [0.717, 1.165) is 0 Å². The summed E-state index contributed by atoms with van der Waals surface area (Å²) in [5.74, 6) is -0.125. The van der Waals surface area contributed by atoms with Gasteiger partial charge in [-0.2, -0.15) is 0 Å². The molecule has 0 spiro atoms. The summed E-state index contributed by atoms with van der Waals surface area (Å²) in [6, 6.07) is 0. The van der Waals surface area contributed by atoms with Gasteiger partial charge in [0.1, 0.15) is 0 Å². The van der Waals surface area contributed by atoms with Gasteiger partial charge in [0.15, 0.2) is 0 Å². The molecule has 0 aromatic carbocycles. The predicted octanol–water partition coefficient (Wildman–Crippen LogP) is -1.34. The van der Waals surface area contributed by atoms with Gasteiger partial charge in [-0.05, 0) is 0 Å². The standard InChI is InChI=1S/C6H15N3O/c1-5(4-8)6(10)9-3-2-7/h5H,2-4,7-8H2,1H3,(H,9,10). The molecule has 1 atom stereocenters. The molecular formula is C6H15N3O. The van der Waals surface area contributed by atoms with E-state index in [1.807, 2.05) is 0 Å². The molecule has 0 aliphatic carbocycles. The van der Waals surface area contributed by atoms with E-state index in [0.29, 0.717) is 19.6 Å².